The van der Waals surface area contributed by atoms with Crippen molar-refractivity contribution in [3.63, 3.8) is 0 Å². The van der Waals surface area contributed by atoms with Crippen LogP contribution in [0.1, 0.15) is 32.7 Å². The van der Waals surface area contributed by atoms with Crippen molar-refractivity contribution in [3.05, 3.63) is 60.5 Å². The average molecular weight is 431 g/mol. The minimum Gasteiger partial charge on any atom is -0.325 e. The van der Waals surface area contributed by atoms with Crippen molar-refractivity contribution in [3.8, 4) is 11.1 Å². The summed E-state index contributed by atoms with van der Waals surface area (Å²) >= 11 is 0. The van der Waals surface area contributed by atoms with Gasteiger partial charge in [-0.05, 0) is 68.7 Å². The van der Waals surface area contributed by atoms with E-state index in [-0.39, 0.29) is 0 Å². The largest absolute Gasteiger partial charge is 0.325 e. The maximum Gasteiger partial charge on any atom is 0.132 e. The van der Waals surface area contributed by atoms with Crippen molar-refractivity contribution in [1.82, 2.24) is 35.5 Å². The maximum absolute atomic E-state index is 4.80. The Labute approximate surface area is 188 Å². The quantitative estimate of drug-likeness (QED) is 0.570. The van der Waals surface area contributed by atoms with Crippen LogP contribution in [0.25, 0.3) is 22.2 Å². The number of rotatable bonds is 5. The van der Waals surface area contributed by atoms with E-state index in [0.717, 1.165) is 59.7 Å². The van der Waals surface area contributed by atoms with E-state index in [0.29, 0.717) is 12.0 Å². The fourth-order valence-electron chi connectivity index (χ4n) is 4.16. The van der Waals surface area contributed by atoms with Gasteiger partial charge >= 0.3 is 0 Å². The number of pyridine rings is 2. The van der Waals surface area contributed by atoms with Gasteiger partial charge in [0.25, 0.3) is 0 Å². The van der Waals surface area contributed by atoms with Gasteiger partial charge in [-0.1, -0.05) is 13.8 Å². The number of hydrogen-bond donors (Lipinski definition) is 3. The lowest BCUT2D eigenvalue weighted by Crippen LogP contribution is -2.33. The van der Waals surface area contributed by atoms with E-state index in [1.54, 1.807) is 0 Å². The molecule has 3 aromatic rings. The number of aromatic nitrogens is 4. The zero-order valence-corrected chi connectivity index (χ0v) is 18.8. The fraction of sp³-hybridized carbons (Fsp3) is 0.375. The zero-order valence-electron chi connectivity index (χ0n) is 18.8. The molecule has 2 aliphatic heterocycles. The molecule has 32 heavy (non-hydrogen) atoms. The summed E-state index contributed by atoms with van der Waals surface area (Å²) in [7, 11) is 2.18. The molecule has 0 aromatic carbocycles. The molecule has 3 N–H and O–H groups in total. The molecule has 5 rings (SSSR count). The van der Waals surface area contributed by atoms with Crippen LogP contribution in [-0.2, 0) is 0 Å². The summed E-state index contributed by atoms with van der Waals surface area (Å²) in [6.45, 7) is 6.57. The van der Waals surface area contributed by atoms with Crippen LogP contribution in [0.4, 0.5) is 5.82 Å². The topological polar surface area (TPSA) is 82.9 Å². The maximum atomic E-state index is 4.80. The fourth-order valence-corrected chi connectivity index (χ4v) is 4.16. The van der Waals surface area contributed by atoms with Gasteiger partial charge in [-0.3, -0.25) is 15.1 Å². The van der Waals surface area contributed by atoms with E-state index in [4.69, 9.17) is 4.98 Å². The summed E-state index contributed by atoms with van der Waals surface area (Å²) in [6, 6.07) is 6.50. The first-order chi connectivity index (χ1) is 15.5. The number of nitrogens with one attached hydrogen (secondary N) is 3. The summed E-state index contributed by atoms with van der Waals surface area (Å²) in [4.78, 5) is 11.8. The standard InChI is InChI=1S/C24H30N8/c1-16(2)17-11-24(30-26-13-17)29-23-5-4-21-22(28-23)10-18(12-25-21)19-14-27-32(15-19)20-6-8-31(3)9-7-20/h4-5,10-16,20,26,30H,6-9H2,1-3H3,(H,28,29). The highest BCUT2D eigenvalue weighted by atomic mass is 15.4. The Bertz CT molecular complexity index is 1170. The second-order valence-corrected chi connectivity index (χ2v) is 8.95. The van der Waals surface area contributed by atoms with Crippen molar-refractivity contribution in [2.24, 2.45) is 5.92 Å². The Morgan fingerprint density at radius 3 is 2.75 bits per heavy atom. The number of allylic oxidation sites excluding steroid dienone is 2. The van der Waals surface area contributed by atoms with Crippen LogP contribution in [0.2, 0.25) is 0 Å². The Balaban J connectivity index is 1.37. The molecule has 0 atom stereocenters. The van der Waals surface area contributed by atoms with Crippen molar-refractivity contribution in [1.29, 1.82) is 0 Å². The van der Waals surface area contributed by atoms with E-state index in [2.05, 4.69) is 75.1 Å². The molecule has 0 saturated carbocycles. The third-order valence-electron chi connectivity index (χ3n) is 6.22. The number of likely N-dealkylation sites (tertiary alicyclic amines) is 1. The molecule has 1 fully saturated rings. The minimum absolute atomic E-state index is 0.438. The van der Waals surface area contributed by atoms with Gasteiger partial charge < -0.3 is 15.6 Å². The lowest BCUT2D eigenvalue weighted by atomic mass is 10.0. The second kappa shape index (κ2) is 8.63. The van der Waals surface area contributed by atoms with Gasteiger partial charge in [-0.2, -0.15) is 5.10 Å². The molecule has 0 spiro atoms. The molecular formula is C24H30N8. The summed E-state index contributed by atoms with van der Waals surface area (Å²) in [5.74, 6) is 2.07. The van der Waals surface area contributed by atoms with E-state index >= 15 is 0 Å². The van der Waals surface area contributed by atoms with Gasteiger partial charge in [0, 0.05) is 29.7 Å². The number of anilines is 1. The third-order valence-corrected chi connectivity index (χ3v) is 6.22. The Morgan fingerprint density at radius 2 is 1.94 bits per heavy atom. The van der Waals surface area contributed by atoms with Crippen LogP contribution in [-0.4, -0.2) is 44.8 Å². The number of hydrazine groups is 1. The second-order valence-electron chi connectivity index (χ2n) is 8.95. The van der Waals surface area contributed by atoms with E-state index in [1.165, 1.54) is 5.57 Å². The number of fused-ring (bicyclic) bond motifs is 1. The average Bonchev–Trinajstić information content (AvgIpc) is 3.29. The molecule has 2 aliphatic rings. The zero-order chi connectivity index (χ0) is 22.1. The third kappa shape index (κ3) is 4.31. The van der Waals surface area contributed by atoms with Gasteiger partial charge in [-0.15, -0.1) is 0 Å². The Morgan fingerprint density at radius 1 is 1.09 bits per heavy atom. The molecule has 8 nitrogen and oxygen atoms in total. The van der Waals surface area contributed by atoms with Gasteiger partial charge in [0.15, 0.2) is 0 Å². The molecule has 3 aromatic heterocycles. The van der Waals surface area contributed by atoms with Crippen LogP contribution < -0.4 is 16.2 Å². The molecule has 0 aliphatic carbocycles. The highest BCUT2D eigenvalue weighted by molar-refractivity contribution is 5.81. The Hall–Kier alpha value is -3.39. The minimum atomic E-state index is 0.438. The highest BCUT2D eigenvalue weighted by Gasteiger charge is 2.19. The van der Waals surface area contributed by atoms with Crippen LogP contribution in [0, 0.1) is 5.92 Å². The van der Waals surface area contributed by atoms with Gasteiger partial charge in [0.05, 0.1) is 23.3 Å². The molecule has 0 radical (unpaired) electrons. The molecule has 0 bridgehead atoms. The Kier molecular flexibility index (Phi) is 5.53. The summed E-state index contributed by atoms with van der Waals surface area (Å²) in [5.41, 5.74) is 11.3. The summed E-state index contributed by atoms with van der Waals surface area (Å²) in [6.07, 6.45) is 12.3. The molecule has 0 unspecified atom stereocenters. The smallest absolute Gasteiger partial charge is 0.132 e. The van der Waals surface area contributed by atoms with E-state index in [1.807, 2.05) is 30.7 Å². The first-order valence-corrected chi connectivity index (χ1v) is 11.3. The van der Waals surface area contributed by atoms with Crippen LogP contribution >= 0.6 is 0 Å². The highest BCUT2D eigenvalue weighted by Crippen LogP contribution is 2.26. The van der Waals surface area contributed by atoms with E-state index in [9.17, 15) is 0 Å². The summed E-state index contributed by atoms with van der Waals surface area (Å²) in [5, 5.41) is 8.00. The van der Waals surface area contributed by atoms with Crippen molar-refractivity contribution in [2.75, 3.05) is 25.5 Å². The monoisotopic (exact) mass is 430 g/mol. The molecule has 5 heterocycles. The van der Waals surface area contributed by atoms with Gasteiger partial charge in [0.2, 0.25) is 0 Å². The van der Waals surface area contributed by atoms with Crippen LogP contribution in [0.5, 0.6) is 0 Å². The van der Waals surface area contributed by atoms with Gasteiger partial charge in [-0.25, -0.2) is 4.98 Å². The van der Waals surface area contributed by atoms with Crippen molar-refractivity contribution >= 4 is 16.9 Å². The lowest BCUT2D eigenvalue weighted by Gasteiger charge is -2.28. The lowest BCUT2D eigenvalue weighted by molar-refractivity contribution is 0.212. The van der Waals surface area contributed by atoms with Crippen LogP contribution in [0.15, 0.2) is 60.5 Å². The molecular weight excluding hydrogens is 400 g/mol. The molecule has 8 heteroatoms. The first-order valence-electron chi connectivity index (χ1n) is 11.3. The number of nitrogens with zero attached hydrogens (tertiary/aromatic N) is 5. The van der Waals surface area contributed by atoms with E-state index < -0.39 is 0 Å². The van der Waals surface area contributed by atoms with Crippen molar-refractivity contribution < 1.29 is 0 Å². The molecule has 0 amide bonds. The SMILES string of the molecule is CC(C)C1=CNNC(Nc2ccc3ncc(-c4cnn(C5CCN(C)CC5)c4)cc3n2)=C1. The number of piperidine rings is 1. The molecule has 1 saturated heterocycles. The normalized spacial score (nSPS) is 17.6. The van der Waals surface area contributed by atoms with Gasteiger partial charge in [0.1, 0.15) is 11.6 Å². The molecule has 166 valence electrons. The van der Waals surface area contributed by atoms with Crippen LogP contribution in [0.3, 0.4) is 0 Å². The summed E-state index contributed by atoms with van der Waals surface area (Å²) < 4.78 is 2.12. The van der Waals surface area contributed by atoms with Crippen molar-refractivity contribution in [2.45, 2.75) is 32.7 Å². The predicted octanol–water partition coefficient (Wildman–Crippen LogP) is 3.66. The predicted molar refractivity (Wildman–Crippen MR) is 127 cm³/mol. The number of hydrogen-bond acceptors (Lipinski definition) is 7. The first kappa shape index (κ1) is 20.5.